The van der Waals surface area contributed by atoms with Crippen LogP contribution in [0.5, 0.6) is 0 Å². The van der Waals surface area contributed by atoms with Gasteiger partial charge in [0, 0.05) is 32.1 Å². The number of amides is 2. The zero-order chi connectivity index (χ0) is 20.3. The highest BCUT2D eigenvalue weighted by Crippen LogP contribution is 2.25. The van der Waals surface area contributed by atoms with Crippen LogP contribution in [-0.4, -0.2) is 71.3 Å². The number of likely N-dealkylation sites (tertiary alicyclic amines) is 1. The normalized spacial score (nSPS) is 21.8. The van der Waals surface area contributed by atoms with E-state index in [0.717, 1.165) is 18.7 Å². The van der Waals surface area contributed by atoms with Crippen LogP contribution in [0, 0.1) is 0 Å². The molecule has 2 amide bonds. The lowest BCUT2D eigenvalue weighted by Gasteiger charge is -2.46. The number of carbonyl (C=O) groups is 2. The molecule has 1 aromatic rings. The minimum Gasteiger partial charge on any atom is -0.339 e. The fourth-order valence-electron chi connectivity index (χ4n) is 4.30. The lowest BCUT2D eigenvalue weighted by Crippen LogP contribution is -2.62. The van der Waals surface area contributed by atoms with Gasteiger partial charge in [0.1, 0.15) is 0 Å². The Morgan fingerprint density at radius 2 is 1.79 bits per heavy atom. The molecule has 7 heteroatoms. The van der Waals surface area contributed by atoms with Crippen LogP contribution in [0.25, 0.3) is 0 Å². The quantitative estimate of drug-likeness (QED) is 0.725. The van der Waals surface area contributed by atoms with Gasteiger partial charge in [-0.1, -0.05) is 36.2 Å². The number of hydrogen-bond acceptors (Lipinski definition) is 3. The molecule has 0 saturated carbocycles. The Labute approximate surface area is 177 Å². The van der Waals surface area contributed by atoms with Gasteiger partial charge in [-0.2, -0.15) is 0 Å². The summed E-state index contributed by atoms with van der Waals surface area (Å²) in [6, 6.07) is 5.58. The lowest BCUT2D eigenvalue weighted by atomic mass is 10.0. The van der Waals surface area contributed by atoms with E-state index in [1.54, 1.807) is 12.1 Å². The van der Waals surface area contributed by atoms with Crippen LogP contribution in [0.4, 0.5) is 0 Å². The first-order valence-electron chi connectivity index (χ1n) is 10.2. The molecule has 2 saturated heterocycles. The third kappa shape index (κ3) is 4.81. The highest BCUT2D eigenvalue weighted by atomic mass is 35.5. The Morgan fingerprint density at radius 1 is 1.07 bits per heavy atom. The maximum absolute atomic E-state index is 13.2. The molecule has 0 unspecified atom stereocenters. The second kappa shape index (κ2) is 9.47. The summed E-state index contributed by atoms with van der Waals surface area (Å²) in [4.78, 5) is 31.8. The number of carbonyl (C=O) groups excluding carboxylic acids is 2. The zero-order valence-electron chi connectivity index (χ0n) is 16.7. The summed E-state index contributed by atoms with van der Waals surface area (Å²) < 4.78 is 0. The molecule has 0 aliphatic carbocycles. The third-order valence-corrected chi connectivity index (χ3v) is 6.75. The van der Waals surface area contributed by atoms with Crippen LogP contribution in [-0.2, 0) is 16.0 Å². The van der Waals surface area contributed by atoms with E-state index in [9.17, 15) is 9.59 Å². The highest BCUT2D eigenvalue weighted by molar-refractivity contribution is 6.42. The van der Waals surface area contributed by atoms with Crippen molar-refractivity contribution in [3.8, 4) is 0 Å². The fourth-order valence-corrected chi connectivity index (χ4v) is 4.62. The Balaban J connectivity index is 1.76. The minimum atomic E-state index is 0.0117. The summed E-state index contributed by atoms with van der Waals surface area (Å²) in [5.41, 5.74) is 0.860. The van der Waals surface area contributed by atoms with E-state index in [1.807, 2.05) is 22.8 Å². The fraction of sp³-hybridized carbons (Fsp3) is 0.619. The summed E-state index contributed by atoms with van der Waals surface area (Å²) in [5, 5.41) is 0.956. The van der Waals surface area contributed by atoms with Crippen molar-refractivity contribution < 1.29 is 9.59 Å². The first-order valence-corrected chi connectivity index (χ1v) is 10.9. The predicted octanol–water partition coefficient (Wildman–Crippen LogP) is 3.47. The van der Waals surface area contributed by atoms with Gasteiger partial charge >= 0.3 is 0 Å². The van der Waals surface area contributed by atoms with E-state index in [0.29, 0.717) is 42.5 Å². The summed E-state index contributed by atoms with van der Waals surface area (Å²) in [7, 11) is 0. The SMILES string of the molecule is CCC(=O)N1CCN(C(=O)Cc2ccc(Cl)c(Cl)c2)[C@@H]([C@@H](C)N2CCCC2)C1. The van der Waals surface area contributed by atoms with Crippen LogP contribution in [0.1, 0.15) is 38.7 Å². The molecule has 0 radical (unpaired) electrons. The first-order chi connectivity index (χ1) is 13.4. The maximum atomic E-state index is 13.2. The molecule has 3 rings (SSSR count). The Kier molecular flexibility index (Phi) is 7.24. The van der Waals surface area contributed by atoms with Crippen molar-refractivity contribution in [3.05, 3.63) is 33.8 Å². The maximum Gasteiger partial charge on any atom is 0.227 e. The number of piperazine rings is 1. The first kappa shape index (κ1) is 21.4. The molecule has 0 aromatic heterocycles. The van der Waals surface area contributed by atoms with E-state index in [1.165, 1.54) is 12.8 Å². The molecule has 2 atom stereocenters. The van der Waals surface area contributed by atoms with Crippen molar-refractivity contribution in [2.75, 3.05) is 32.7 Å². The van der Waals surface area contributed by atoms with Gasteiger partial charge in [-0.25, -0.2) is 0 Å². The summed E-state index contributed by atoms with van der Waals surface area (Å²) in [6.45, 7) is 8.00. The molecule has 2 aliphatic heterocycles. The van der Waals surface area contributed by atoms with Gasteiger partial charge in [0.25, 0.3) is 0 Å². The standard InChI is InChI=1S/C21H29Cl2N3O2/c1-3-20(27)25-10-11-26(19(14-25)15(2)24-8-4-5-9-24)21(28)13-16-6-7-17(22)18(23)12-16/h6-7,12,15,19H,3-5,8-11,13-14H2,1-2H3/t15-,19-/m1/s1. The monoisotopic (exact) mass is 425 g/mol. The van der Waals surface area contributed by atoms with Crippen LogP contribution in [0.15, 0.2) is 18.2 Å². The average molecular weight is 426 g/mol. The van der Waals surface area contributed by atoms with Gasteiger partial charge in [0.2, 0.25) is 11.8 Å². The Morgan fingerprint density at radius 3 is 2.43 bits per heavy atom. The number of halogens is 2. The molecular formula is C21H29Cl2N3O2. The van der Waals surface area contributed by atoms with E-state index in [4.69, 9.17) is 23.2 Å². The molecule has 2 fully saturated rings. The lowest BCUT2D eigenvalue weighted by molar-refractivity contribution is -0.144. The number of rotatable bonds is 5. The molecular weight excluding hydrogens is 397 g/mol. The van der Waals surface area contributed by atoms with E-state index in [-0.39, 0.29) is 23.9 Å². The Hall–Kier alpha value is -1.30. The summed E-state index contributed by atoms with van der Waals surface area (Å²) in [5.74, 6) is 0.244. The van der Waals surface area contributed by atoms with Crippen LogP contribution in [0.2, 0.25) is 10.0 Å². The highest BCUT2D eigenvalue weighted by Gasteiger charge is 2.37. The molecule has 0 N–H and O–H groups in total. The molecule has 1 aromatic carbocycles. The Bertz CT molecular complexity index is 722. The average Bonchev–Trinajstić information content (AvgIpc) is 3.24. The zero-order valence-corrected chi connectivity index (χ0v) is 18.2. The van der Waals surface area contributed by atoms with Gasteiger partial charge < -0.3 is 9.80 Å². The molecule has 5 nitrogen and oxygen atoms in total. The van der Waals surface area contributed by atoms with Gasteiger partial charge in [-0.3, -0.25) is 14.5 Å². The number of benzene rings is 1. The van der Waals surface area contributed by atoms with Gasteiger partial charge in [0.05, 0.1) is 22.5 Å². The van der Waals surface area contributed by atoms with Gasteiger partial charge in [-0.15, -0.1) is 0 Å². The van der Waals surface area contributed by atoms with Crippen molar-refractivity contribution in [2.45, 2.75) is 51.6 Å². The van der Waals surface area contributed by atoms with Gasteiger partial charge in [-0.05, 0) is 50.6 Å². The molecule has 2 heterocycles. The van der Waals surface area contributed by atoms with Crippen LogP contribution in [0.3, 0.4) is 0 Å². The largest absolute Gasteiger partial charge is 0.339 e. The smallest absolute Gasteiger partial charge is 0.227 e. The predicted molar refractivity (Wildman–Crippen MR) is 113 cm³/mol. The molecule has 0 bridgehead atoms. The number of hydrogen-bond donors (Lipinski definition) is 0. The second-order valence-corrected chi connectivity index (χ2v) is 8.57. The number of nitrogens with zero attached hydrogens (tertiary/aromatic N) is 3. The van der Waals surface area contributed by atoms with Crippen molar-refractivity contribution in [3.63, 3.8) is 0 Å². The van der Waals surface area contributed by atoms with Crippen molar-refractivity contribution >= 4 is 35.0 Å². The molecule has 0 spiro atoms. The molecule has 2 aliphatic rings. The van der Waals surface area contributed by atoms with Crippen molar-refractivity contribution in [2.24, 2.45) is 0 Å². The van der Waals surface area contributed by atoms with E-state index in [2.05, 4.69) is 11.8 Å². The van der Waals surface area contributed by atoms with Crippen LogP contribution < -0.4 is 0 Å². The second-order valence-electron chi connectivity index (χ2n) is 7.76. The van der Waals surface area contributed by atoms with E-state index < -0.39 is 0 Å². The molecule has 28 heavy (non-hydrogen) atoms. The topological polar surface area (TPSA) is 43.9 Å². The minimum absolute atomic E-state index is 0.0117. The van der Waals surface area contributed by atoms with Crippen LogP contribution >= 0.6 is 23.2 Å². The third-order valence-electron chi connectivity index (χ3n) is 6.01. The summed E-state index contributed by atoms with van der Waals surface area (Å²) >= 11 is 12.1. The van der Waals surface area contributed by atoms with E-state index >= 15 is 0 Å². The molecule has 154 valence electrons. The summed E-state index contributed by atoms with van der Waals surface area (Å²) in [6.07, 6.45) is 3.20. The van der Waals surface area contributed by atoms with Crippen molar-refractivity contribution in [1.29, 1.82) is 0 Å². The van der Waals surface area contributed by atoms with Crippen molar-refractivity contribution in [1.82, 2.24) is 14.7 Å². The van der Waals surface area contributed by atoms with Gasteiger partial charge in [0.15, 0.2) is 0 Å².